The van der Waals surface area contributed by atoms with Gasteiger partial charge in [-0.05, 0) is 47.3 Å². The number of aromatic nitrogens is 4. The molecule has 13 nitrogen and oxygen atoms in total. The number of nitrogens with two attached hydrogens (primary N) is 1. The highest BCUT2D eigenvalue weighted by atomic mass is 16.6. The van der Waals surface area contributed by atoms with Gasteiger partial charge in [0, 0.05) is 24.7 Å². The summed E-state index contributed by atoms with van der Waals surface area (Å²) in [5, 5.41) is 23.1. The fourth-order valence-electron chi connectivity index (χ4n) is 4.41. The predicted octanol–water partition coefficient (Wildman–Crippen LogP) is 2.96. The lowest BCUT2D eigenvalue weighted by atomic mass is 9.98. The standard InChI is InChI=1S/C24H25N9O4/c1-15-8-10-31(11-9-15)19-7-6-16(12-20(19)33(35)36)13-26-28-21(34)14-32-18-5-3-2-4-17(18)27-24(32)22-23(25)30-37-29-22/h2-7,12-13,15H,8-11,14H2,1H3,(H2,25,30)(H,28,34). The maximum atomic E-state index is 12.7. The Morgan fingerprint density at radius 1 is 1.27 bits per heavy atom. The van der Waals surface area contributed by atoms with Gasteiger partial charge in [0.1, 0.15) is 12.2 Å². The zero-order valence-corrected chi connectivity index (χ0v) is 20.1. The summed E-state index contributed by atoms with van der Waals surface area (Å²) in [4.78, 5) is 30.6. The Bertz CT molecular complexity index is 1480. The molecule has 0 unspecified atom stereocenters. The first kappa shape index (κ1) is 23.9. The summed E-state index contributed by atoms with van der Waals surface area (Å²) in [6.07, 6.45) is 3.37. The van der Waals surface area contributed by atoms with Crippen molar-refractivity contribution in [3.8, 4) is 11.5 Å². The molecule has 0 spiro atoms. The second-order valence-corrected chi connectivity index (χ2v) is 8.98. The van der Waals surface area contributed by atoms with Gasteiger partial charge in [-0.15, -0.1) is 0 Å². The molecule has 1 aliphatic rings. The van der Waals surface area contributed by atoms with Crippen molar-refractivity contribution < 1.29 is 14.3 Å². The number of carbonyl (C=O) groups is 1. The van der Waals surface area contributed by atoms with E-state index in [1.165, 1.54) is 12.3 Å². The minimum absolute atomic E-state index is 0.0122. The number of hydrogen-bond donors (Lipinski definition) is 2. The fourth-order valence-corrected chi connectivity index (χ4v) is 4.41. The second-order valence-electron chi connectivity index (χ2n) is 8.98. The van der Waals surface area contributed by atoms with E-state index in [1.807, 2.05) is 23.1 Å². The van der Waals surface area contributed by atoms with Crippen LogP contribution in [-0.4, -0.2) is 50.0 Å². The first-order valence-corrected chi connectivity index (χ1v) is 11.8. The van der Waals surface area contributed by atoms with Gasteiger partial charge in [0.2, 0.25) is 0 Å². The Morgan fingerprint density at radius 3 is 2.78 bits per heavy atom. The van der Waals surface area contributed by atoms with Crippen LogP contribution in [0.4, 0.5) is 17.2 Å². The van der Waals surface area contributed by atoms with E-state index in [4.69, 9.17) is 10.4 Å². The fraction of sp³-hybridized carbons (Fsp3) is 0.292. The number of carbonyl (C=O) groups excluding carboxylic acids is 1. The summed E-state index contributed by atoms with van der Waals surface area (Å²) >= 11 is 0. The first-order chi connectivity index (χ1) is 17.9. The number of hydrogen-bond acceptors (Lipinski definition) is 10. The van der Waals surface area contributed by atoms with Crippen LogP contribution in [0.1, 0.15) is 25.3 Å². The normalized spacial score (nSPS) is 14.5. The zero-order chi connectivity index (χ0) is 25.9. The van der Waals surface area contributed by atoms with Crippen LogP contribution in [0.5, 0.6) is 0 Å². The smallest absolute Gasteiger partial charge is 0.293 e. The number of hydrazone groups is 1. The van der Waals surface area contributed by atoms with Gasteiger partial charge < -0.3 is 15.2 Å². The van der Waals surface area contributed by atoms with Crippen LogP contribution in [0, 0.1) is 16.0 Å². The lowest BCUT2D eigenvalue weighted by Gasteiger charge is -2.31. The number of para-hydroxylation sites is 2. The molecular weight excluding hydrogens is 478 g/mol. The van der Waals surface area contributed by atoms with Gasteiger partial charge in [0.15, 0.2) is 17.3 Å². The van der Waals surface area contributed by atoms with Gasteiger partial charge in [0.05, 0.1) is 22.2 Å². The highest BCUT2D eigenvalue weighted by molar-refractivity contribution is 5.87. The van der Waals surface area contributed by atoms with Crippen molar-refractivity contribution >= 4 is 40.3 Å². The number of anilines is 2. The molecule has 1 fully saturated rings. The van der Waals surface area contributed by atoms with Crippen molar-refractivity contribution in [3.63, 3.8) is 0 Å². The molecule has 190 valence electrons. The minimum atomic E-state index is -0.441. The van der Waals surface area contributed by atoms with Crippen LogP contribution in [0.15, 0.2) is 52.2 Å². The molecule has 1 saturated heterocycles. The Balaban J connectivity index is 1.32. The van der Waals surface area contributed by atoms with Crippen LogP contribution >= 0.6 is 0 Å². The van der Waals surface area contributed by atoms with E-state index >= 15 is 0 Å². The monoisotopic (exact) mass is 503 g/mol. The molecule has 5 rings (SSSR count). The summed E-state index contributed by atoms with van der Waals surface area (Å²) in [6, 6.07) is 12.2. The van der Waals surface area contributed by atoms with Gasteiger partial charge in [-0.1, -0.05) is 25.1 Å². The molecule has 3 heterocycles. The lowest BCUT2D eigenvalue weighted by molar-refractivity contribution is -0.384. The number of nitrogens with one attached hydrogen (secondary N) is 1. The summed E-state index contributed by atoms with van der Waals surface area (Å²) in [5.74, 6) is 0.562. The molecule has 4 aromatic rings. The van der Waals surface area contributed by atoms with Crippen LogP contribution in [0.2, 0.25) is 0 Å². The SMILES string of the molecule is CC1CCN(c2ccc(C=NNC(=O)Cn3c(-c4nonc4N)nc4ccccc43)cc2[N+](=O)[O-])CC1. The molecule has 1 aliphatic heterocycles. The molecule has 0 aliphatic carbocycles. The molecular formula is C24H25N9O4. The van der Waals surface area contributed by atoms with Gasteiger partial charge in [-0.3, -0.25) is 14.9 Å². The Labute approximate surface area is 211 Å². The number of benzene rings is 2. The third-order valence-corrected chi connectivity index (χ3v) is 6.41. The molecule has 0 saturated carbocycles. The number of nitro benzene ring substituents is 1. The molecule has 0 bridgehead atoms. The number of amides is 1. The molecule has 0 atom stereocenters. The second kappa shape index (κ2) is 10.0. The van der Waals surface area contributed by atoms with Crippen molar-refractivity contribution in [2.75, 3.05) is 23.7 Å². The van der Waals surface area contributed by atoms with Crippen molar-refractivity contribution in [2.24, 2.45) is 11.0 Å². The van der Waals surface area contributed by atoms with E-state index in [2.05, 4.69) is 32.7 Å². The molecule has 0 radical (unpaired) electrons. The molecule has 2 aromatic carbocycles. The number of nitrogen functional groups attached to an aromatic ring is 1. The first-order valence-electron chi connectivity index (χ1n) is 11.8. The summed E-state index contributed by atoms with van der Waals surface area (Å²) in [7, 11) is 0. The van der Waals surface area contributed by atoms with E-state index in [-0.39, 0.29) is 28.7 Å². The van der Waals surface area contributed by atoms with E-state index in [1.54, 1.807) is 22.8 Å². The number of nitro groups is 1. The molecule has 37 heavy (non-hydrogen) atoms. The molecule has 1 amide bonds. The van der Waals surface area contributed by atoms with E-state index in [9.17, 15) is 14.9 Å². The van der Waals surface area contributed by atoms with Crippen molar-refractivity contribution in [1.82, 2.24) is 25.3 Å². The number of imidazole rings is 1. The predicted molar refractivity (Wildman–Crippen MR) is 137 cm³/mol. The topological polar surface area (TPSA) is 171 Å². The van der Waals surface area contributed by atoms with Crippen LogP contribution in [-0.2, 0) is 11.3 Å². The third kappa shape index (κ3) is 4.96. The van der Waals surface area contributed by atoms with E-state index in [0.29, 0.717) is 34.0 Å². The van der Waals surface area contributed by atoms with E-state index in [0.717, 1.165) is 25.9 Å². The average molecular weight is 504 g/mol. The molecule has 3 N–H and O–H groups in total. The highest BCUT2D eigenvalue weighted by Gasteiger charge is 2.24. The quantitative estimate of drug-likeness (QED) is 0.218. The summed E-state index contributed by atoms with van der Waals surface area (Å²) < 4.78 is 6.33. The van der Waals surface area contributed by atoms with Crippen molar-refractivity contribution in [2.45, 2.75) is 26.3 Å². The third-order valence-electron chi connectivity index (χ3n) is 6.41. The van der Waals surface area contributed by atoms with Crippen LogP contribution in [0.25, 0.3) is 22.6 Å². The van der Waals surface area contributed by atoms with Gasteiger partial charge in [-0.2, -0.15) is 5.10 Å². The zero-order valence-electron chi connectivity index (χ0n) is 20.1. The number of nitrogens with zero attached hydrogens (tertiary/aromatic N) is 7. The maximum absolute atomic E-state index is 12.7. The Morgan fingerprint density at radius 2 is 2.05 bits per heavy atom. The molecule has 2 aromatic heterocycles. The van der Waals surface area contributed by atoms with Gasteiger partial charge in [-0.25, -0.2) is 15.0 Å². The largest absolute Gasteiger partial charge is 0.379 e. The van der Waals surface area contributed by atoms with Crippen LogP contribution < -0.4 is 16.1 Å². The molecule has 13 heteroatoms. The number of fused-ring (bicyclic) bond motifs is 1. The van der Waals surface area contributed by atoms with E-state index < -0.39 is 5.91 Å². The van der Waals surface area contributed by atoms with Crippen molar-refractivity contribution in [1.29, 1.82) is 0 Å². The highest BCUT2D eigenvalue weighted by Crippen LogP contribution is 2.32. The summed E-state index contributed by atoms with van der Waals surface area (Å²) in [6.45, 7) is 3.63. The average Bonchev–Trinajstić information content (AvgIpc) is 3.47. The minimum Gasteiger partial charge on any atom is -0.379 e. The summed E-state index contributed by atoms with van der Waals surface area (Å²) in [5.41, 5.74) is 11.0. The van der Waals surface area contributed by atoms with Crippen LogP contribution in [0.3, 0.4) is 0 Å². The maximum Gasteiger partial charge on any atom is 0.293 e. The Hall–Kier alpha value is -4.81. The number of piperidine rings is 1. The van der Waals surface area contributed by atoms with Gasteiger partial charge in [0.25, 0.3) is 11.6 Å². The number of rotatable bonds is 7. The van der Waals surface area contributed by atoms with Gasteiger partial charge >= 0.3 is 0 Å². The van der Waals surface area contributed by atoms with Crippen molar-refractivity contribution in [3.05, 3.63) is 58.1 Å². The Kier molecular flexibility index (Phi) is 6.49. The lowest BCUT2D eigenvalue weighted by Crippen LogP contribution is -2.33.